The molecule has 0 radical (unpaired) electrons. The molecule has 1 aromatic heterocycles. The standard InChI is InChI=1S/C19H23N3O3/c1-12-18(13(2)21(3)20-12)16-11-24-9-7-22(16)19(23)15-4-5-17-14(10-15)6-8-25-17/h4-5,10,16H,6-9,11H2,1-3H3. The second kappa shape index (κ2) is 6.19. The van der Waals surface area contributed by atoms with E-state index in [0.717, 1.165) is 40.2 Å². The summed E-state index contributed by atoms with van der Waals surface area (Å²) in [6, 6.07) is 5.65. The summed E-state index contributed by atoms with van der Waals surface area (Å²) in [5.74, 6) is 0.944. The predicted octanol–water partition coefficient (Wildman–Crippen LogP) is 2.19. The zero-order valence-electron chi connectivity index (χ0n) is 14.9. The first-order chi connectivity index (χ1) is 12.1. The smallest absolute Gasteiger partial charge is 0.254 e. The van der Waals surface area contributed by atoms with Gasteiger partial charge in [-0.25, -0.2) is 0 Å². The Bertz CT molecular complexity index is 828. The van der Waals surface area contributed by atoms with Crippen molar-refractivity contribution in [2.45, 2.75) is 26.3 Å². The van der Waals surface area contributed by atoms with Gasteiger partial charge in [0.2, 0.25) is 0 Å². The fraction of sp³-hybridized carbons (Fsp3) is 0.474. The lowest BCUT2D eigenvalue weighted by molar-refractivity contribution is -0.00305. The maximum atomic E-state index is 13.2. The van der Waals surface area contributed by atoms with Crippen molar-refractivity contribution in [1.82, 2.24) is 14.7 Å². The molecule has 6 heteroatoms. The highest BCUT2D eigenvalue weighted by Crippen LogP contribution is 2.32. The van der Waals surface area contributed by atoms with Gasteiger partial charge in [-0.1, -0.05) is 0 Å². The number of ether oxygens (including phenoxy) is 2. The normalized spacial score (nSPS) is 19.6. The number of carbonyl (C=O) groups excluding carboxylic acids is 1. The second-order valence-electron chi connectivity index (χ2n) is 6.72. The maximum absolute atomic E-state index is 13.2. The Morgan fingerprint density at radius 3 is 2.88 bits per heavy atom. The molecule has 1 aromatic carbocycles. The van der Waals surface area contributed by atoms with E-state index in [1.165, 1.54) is 0 Å². The third kappa shape index (κ3) is 2.70. The number of amides is 1. The first-order valence-electron chi connectivity index (χ1n) is 8.71. The number of aromatic nitrogens is 2. The average molecular weight is 341 g/mol. The minimum absolute atomic E-state index is 0.0469. The van der Waals surface area contributed by atoms with Crippen molar-refractivity contribution in [3.8, 4) is 5.75 Å². The summed E-state index contributed by atoms with van der Waals surface area (Å²) < 4.78 is 13.1. The van der Waals surface area contributed by atoms with Gasteiger partial charge in [0.1, 0.15) is 5.75 Å². The van der Waals surface area contributed by atoms with Crippen LogP contribution in [0.5, 0.6) is 5.75 Å². The van der Waals surface area contributed by atoms with E-state index in [1.807, 2.05) is 48.7 Å². The van der Waals surface area contributed by atoms with Crippen LogP contribution in [0.1, 0.15) is 38.9 Å². The van der Waals surface area contributed by atoms with Crippen molar-refractivity contribution in [2.75, 3.05) is 26.4 Å². The first-order valence-corrected chi connectivity index (χ1v) is 8.71. The zero-order valence-corrected chi connectivity index (χ0v) is 14.9. The van der Waals surface area contributed by atoms with E-state index >= 15 is 0 Å². The molecule has 0 bridgehead atoms. The lowest BCUT2D eigenvalue weighted by atomic mass is 10.0. The van der Waals surface area contributed by atoms with Crippen LogP contribution in [0.4, 0.5) is 0 Å². The molecule has 0 N–H and O–H groups in total. The van der Waals surface area contributed by atoms with Crippen LogP contribution >= 0.6 is 0 Å². The molecule has 2 aliphatic rings. The Morgan fingerprint density at radius 1 is 1.28 bits per heavy atom. The van der Waals surface area contributed by atoms with Crippen molar-refractivity contribution in [1.29, 1.82) is 0 Å². The maximum Gasteiger partial charge on any atom is 0.254 e. The van der Waals surface area contributed by atoms with E-state index in [2.05, 4.69) is 5.10 Å². The molecule has 6 nitrogen and oxygen atoms in total. The molecule has 2 aromatic rings. The van der Waals surface area contributed by atoms with Crippen LogP contribution in [0, 0.1) is 13.8 Å². The molecule has 1 unspecified atom stereocenters. The van der Waals surface area contributed by atoms with Crippen LogP contribution < -0.4 is 4.74 Å². The van der Waals surface area contributed by atoms with E-state index in [4.69, 9.17) is 9.47 Å². The summed E-state index contributed by atoms with van der Waals surface area (Å²) >= 11 is 0. The molecule has 132 valence electrons. The molecular weight excluding hydrogens is 318 g/mol. The molecular formula is C19H23N3O3. The number of fused-ring (bicyclic) bond motifs is 1. The number of rotatable bonds is 2. The average Bonchev–Trinajstić information content (AvgIpc) is 3.18. The zero-order chi connectivity index (χ0) is 17.6. The fourth-order valence-electron chi connectivity index (χ4n) is 3.84. The van der Waals surface area contributed by atoms with Crippen molar-refractivity contribution < 1.29 is 14.3 Å². The number of carbonyl (C=O) groups is 1. The lowest BCUT2D eigenvalue weighted by Gasteiger charge is -2.36. The van der Waals surface area contributed by atoms with E-state index in [1.54, 1.807) is 0 Å². The Balaban J connectivity index is 1.68. The molecule has 0 spiro atoms. The van der Waals surface area contributed by atoms with Gasteiger partial charge >= 0.3 is 0 Å². The summed E-state index contributed by atoms with van der Waals surface area (Å²) in [6.07, 6.45) is 0.865. The van der Waals surface area contributed by atoms with Gasteiger partial charge in [-0.2, -0.15) is 5.10 Å². The molecule has 3 heterocycles. The van der Waals surface area contributed by atoms with Gasteiger partial charge in [0.25, 0.3) is 5.91 Å². The third-order valence-electron chi connectivity index (χ3n) is 5.22. The van der Waals surface area contributed by atoms with E-state index in [-0.39, 0.29) is 11.9 Å². The van der Waals surface area contributed by atoms with Gasteiger partial charge in [0, 0.05) is 36.8 Å². The Morgan fingerprint density at radius 2 is 2.12 bits per heavy atom. The minimum atomic E-state index is -0.0977. The highest BCUT2D eigenvalue weighted by atomic mass is 16.5. The molecule has 4 rings (SSSR count). The molecule has 1 amide bonds. The van der Waals surface area contributed by atoms with Gasteiger partial charge in [-0.15, -0.1) is 0 Å². The quantitative estimate of drug-likeness (QED) is 0.840. The van der Waals surface area contributed by atoms with Gasteiger partial charge < -0.3 is 14.4 Å². The highest BCUT2D eigenvalue weighted by molar-refractivity contribution is 5.95. The molecule has 25 heavy (non-hydrogen) atoms. The van der Waals surface area contributed by atoms with E-state index < -0.39 is 0 Å². The van der Waals surface area contributed by atoms with Crippen LogP contribution in [0.2, 0.25) is 0 Å². The Labute approximate surface area is 147 Å². The number of aryl methyl sites for hydroxylation is 2. The van der Waals surface area contributed by atoms with Gasteiger partial charge in [0.05, 0.1) is 31.6 Å². The summed E-state index contributed by atoms with van der Waals surface area (Å²) in [5.41, 5.74) is 4.96. The van der Waals surface area contributed by atoms with E-state index in [0.29, 0.717) is 26.4 Å². The summed E-state index contributed by atoms with van der Waals surface area (Å²) in [6.45, 7) is 6.39. The number of hydrogen-bond donors (Lipinski definition) is 0. The van der Waals surface area contributed by atoms with Gasteiger partial charge in [0.15, 0.2) is 0 Å². The summed E-state index contributed by atoms with van der Waals surface area (Å²) in [4.78, 5) is 15.1. The highest BCUT2D eigenvalue weighted by Gasteiger charge is 2.33. The first kappa shape index (κ1) is 16.1. The van der Waals surface area contributed by atoms with Crippen LogP contribution in [-0.4, -0.2) is 47.0 Å². The molecule has 0 saturated carbocycles. The van der Waals surface area contributed by atoms with Crippen molar-refractivity contribution in [3.63, 3.8) is 0 Å². The number of nitrogens with zero attached hydrogens (tertiary/aromatic N) is 3. The molecule has 1 atom stereocenters. The number of hydrogen-bond acceptors (Lipinski definition) is 4. The molecule has 1 saturated heterocycles. The van der Waals surface area contributed by atoms with Crippen LogP contribution in [0.3, 0.4) is 0 Å². The summed E-state index contributed by atoms with van der Waals surface area (Å²) in [7, 11) is 1.93. The predicted molar refractivity (Wildman–Crippen MR) is 92.9 cm³/mol. The summed E-state index contributed by atoms with van der Waals surface area (Å²) in [5, 5.41) is 4.51. The Hall–Kier alpha value is -2.34. The fourth-order valence-corrected chi connectivity index (χ4v) is 3.84. The van der Waals surface area contributed by atoms with Crippen LogP contribution in [-0.2, 0) is 18.2 Å². The number of benzene rings is 1. The van der Waals surface area contributed by atoms with E-state index in [9.17, 15) is 4.79 Å². The van der Waals surface area contributed by atoms with Gasteiger partial charge in [-0.3, -0.25) is 9.48 Å². The molecule has 2 aliphatic heterocycles. The molecule has 0 aliphatic carbocycles. The monoisotopic (exact) mass is 341 g/mol. The largest absolute Gasteiger partial charge is 0.493 e. The minimum Gasteiger partial charge on any atom is -0.493 e. The third-order valence-corrected chi connectivity index (χ3v) is 5.22. The van der Waals surface area contributed by atoms with Crippen LogP contribution in [0.25, 0.3) is 0 Å². The van der Waals surface area contributed by atoms with Crippen molar-refractivity contribution in [2.24, 2.45) is 7.05 Å². The number of morpholine rings is 1. The lowest BCUT2D eigenvalue weighted by Crippen LogP contribution is -2.43. The van der Waals surface area contributed by atoms with Crippen LogP contribution in [0.15, 0.2) is 18.2 Å². The van der Waals surface area contributed by atoms with Gasteiger partial charge in [-0.05, 0) is 37.6 Å². The van der Waals surface area contributed by atoms with Crippen molar-refractivity contribution in [3.05, 3.63) is 46.3 Å². The topological polar surface area (TPSA) is 56.6 Å². The van der Waals surface area contributed by atoms with Crippen molar-refractivity contribution >= 4 is 5.91 Å². The Kier molecular flexibility index (Phi) is 4.00. The molecule has 1 fully saturated rings. The second-order valence-corrected chi connectivity index (χ2v) is 6.72. The SMILES string of the molecule is Cc1nn(C)c(C)c1C1COCCN1C(=O)c1ccc2c(c1)CCO2.